The molecule has 1 aromatic heterocycles. The van der Waals surface area contributed by atoms with Crippen LogP contribution in [0.15, 0.2) is 42.7 Å². The van der Waals surface area contributed by atoms with E-state index in [2.05, 4.69) is 15.3 Å². The maximum atomic E-state index is 12.5. The Morgan fingerprint density at radius 1 is 1.22 bits per heavy atom. The second-order valence-electron chi connectivity index (χ2n) is 6.46. The normalized spacial score (nSPS) is 12.5. The van der Waals surface area contributed by atoms with Crippen LogP contribution in [0.2, 0.25) is 0 Å². The summed E-state index contributed by atoms with van der Waals surface area (Å²) in [5.41, 5.74) is 1.36. The Bertz CT molecular complexity index is 651. The minimum absolute atomic E-state index is 0.294. The lowest BCUT2D eigenvalue weighted by atomic mass is 10.1. The molecule has 0 amide bonds. The summed E-state index contributed by atoms with van der Waals surface area (Å²) < 4.78 is 5.53. The Kier molecular flexibility index (Phi) is 5.32. The van der Waals surface area contributed by atoms with E-state index >= 15 is 0 Å². The van der Waals surface area contributed by atoms with Gasteiger partial charge in [-0.25, -0.2) is 14.8 Å². The van der Waals surface area contributed by atoms with E-state index in [0.29, 0.717) is 12.2 Å². The molecule has 1 heterocycles. The van der Waals surface area contributed by atoms with Gasteiger partial charge < -0.3 is 10.1 Å². The molecule has 0 aliphatic heterocycles. The lowest BCUT2D eigenvalue weighted by Gasteiger charge is -2.25. The number of anilines is 1. The first kappa shape index (κ1) is 16.9. The van der Waals surface area contributed by atoms with Crippen molar-refractivity contribution in [1.29, 1.82) is 0 Å². The summed E-state index contributed by atoms with van der Waals surface area (Å²) in [6.07, 6.45) is 2.01. The zero-order chi connectivity index (χ0) is 16.9. The minimum Gasteiger partial charge on any atom is -0.458 e. The average molecular weight is 313 g/mol. The fraction of sp³-hybridized carbons (Fsp3) is 0.389. The topological polar surface area (TPSA) is 64.1 Å². The number of nitrogens with one attached hydrogen (secondary N) is 1. The predicted molar refractivity (Wildman–Crippen MR) is 90.2 cm³/mol. The second-order valence-corrected chi connectivity index (χ2v) is 6.46. The molecule has 1 aromatic carbocycles. The lowest BCUT2D eigenvalue weighted by Crippen LogP contribution is -2.38. The Labute approximate surface area is 137 Å². The van der Waals surface area contributed by atoms with Crippen LogP contribution in [0.1, 0.15) is 32.0 Å². The van der Waals surface area contributed by atoms with E-state index in [4.69, 9.17) is 4.74 Å². The number of aromatic nitrogens is 2. The van der Waals surface area contributed by atoms with Crippen molar-refractivity contribution in [3.63, 3.8) is 0 Å². The molecule has 122 valence electrons. The zero-order valence-corrected chi connectivity index (χ0v) is 14.0. The van der Waals surface area contributed by atoms with Crippen molar-refractivity contribution >= 4 is 11.8 Å². The molecule has 1 atom stereocenters. The van der Waals surface area contributed by atoms with Gasteiger partial charge in [-0.2, -0.15) is 0 Å². The van der Waals surface area contributed by atoms with Crippen LogP contribution in [0.25, 0.3) is 0 Å². The van der Waals surface area contributed by atoms with Crippen LogP contribution in [0.5, 0.6) is 0 Å². The van der Waals surface area contributed by atoms with E-state index in [1.807, 2.05) is 64.1 Å². The molecule has 5 nitrogen and oxygen atoms in total. The van der Waals surface area contributed by atoms with Gasteiger partial charge in [-0.1, -0.05) is 30.3 Å². The highest BCUT2D eigenvalue weighted by Crippen LogP contribution is 2.15. The van der Waals surface area contributed by atoms with Gasteiger partial charge >= 0.3 is 5.97 Å². The maximum absolute atomic E-state index is 12.5. The first-order valence-corrected chi connectivity index (χ1v) is 7.65. The van der Waals surface area contributed by atoms with E-state index in [1.165, 1.54) is 6.33 Å². The molecule has 0 unspecified atom stereocenters. The third-order valence-electron chi connectivity index (χ3n) is 3.10. The number of aryl methyl sites for hydroxylation is 1. The SMILES string of the molecule is Cc1cc(N[C@H](Cc2ccccc2)C(=O)OC(C)(C)C)ncn1. The van der Waals surface area contributed by atoms with Crippen molar-refractivity contribution in [3.8, 4) is 0 Å². The molecule has 0 aliphatic rings. The summed E-state index contributed by atoms with van der Waals surface area (Å²) >= 11 is 0. The molecule has 0 radical (unpaired) electrons. The fourth-order valence-electron chi connectivity index (χ4n) is 2.13. The molecular weight excluding hydrogens is 290 g/mol. The Morgan fingerprint density at radius 2 is 1.91 bits per heavy atom. The average Bonchev–Trinajstić information content (AvgIpc) is 2.46. The summed E-state index contributed by atoms with van der Waals surface area (Å²) in [5.74, 6) is 0.321. The highest BCUT2D eigenvalue weighted by Gasteiger charge is 2.25. The number of nitrogens with zero attached hydrogens (tertiary/aromatic N) is 2. The molecule has 23 heavy (non-hydrogen) atoms. The first-order valence-electron chi connectivity index (χ1n) is 7.65. The maximum Gasteiger partial charge on any atom is 0.329 e. The van der Waals surface area contributed by atoms with Crippen LogP contribution in [0.3, 0.4) is 0 Å². The summed E-state index contributed by atoms with van der Waals surface area (Å²) in [6, 6.07) is 11.1. The van der Waals surface area contributed by atoms with Crippen molar-refractivity contribution in [2.45, 2.75) is 45.8 Å². The van der Waals surface area contributed by atoms with E-state index in [1.54, 1.807) is 0 Å². The van der Waals surface area contributed by atoms with Gasteiger partial charge in [-0.15, -0.1) is 0 Å². The van der Waals surface area contributed by atoms with Crippen molar-refractivity contribution in [1.82, 2.24) is 9.97 Å². The number of carbonyl (C=O) groups excluding carboxylic acids is 1. The van der Waals surface area contributed by atoms with E-state index in [9.17, 15) is 4.79 Å². The molecule has 0 saturated carbocycles. The Balaban J connectivity index is 2.18. The number of benzene rings is 1. The standard InChI is InChI=1S/C18H23N3O2/c1-13-10-16(20-12-19-13)21-15(17(22)23-18(2,3)4)11-14-8-6-5-7-9-14/h5-10,12,15H,11H2,1-4H3,(H,19,20,21)/t15-/m1/s1. The van der Waals surface area contributed by atoms with Crippen molar-refractivity contribution in [3.05, 3.63) is 54.0 Å². The van der Waals surface area contributed by atoms with Crippen LogP contribution < -0.4 is 5.32 Å². The molecule has 0 bridgehead atoms. The summed E-state index contributed by atoms with van der Waals surface area (Å²) in [7, 11) is 0. The quantitative estimate of drug-likeness (QED) is 0.859. The van der Waals surface area contributed by atoms with Crippen LogP contribution in [0, 0.1) is 6.92 Å². The van der Waals surface area contributed by atoms with Gasteiger partial charge in [0.05, 0.1) is 0 Å². The molecule has 2 rings (SSSR count). The molecule has 5 heteroatoms. The van der Waals surface area contributed by atoms with Gasteiger partial charge in [-0.3, -0.25) is 0 Å². The molecule has 0 fully saturated rings. The largest absolute Gasteiger partial charge is 0.458 e. The second kappa shape index (κ2) is 7.22. The van der Waals surface area contributed by atoms with Gasteiger partial charge in [0.25, 0.3) is 0 Å². The smallest absolute Gasteiger partial charge is 0.329 e. The summed E-state index contributed by atoms with van der Waals surface area (Å²) in [6.45, 7) is 7.46. The van der Waals surface area contributed by atoms with Crippen LogP contribution in [-0.2, 0) is 16.0 Å². The highest BCUT2D eigenvalue weighted by molar-refractivity contribution is 5.79. The Hall–Kier alpha value is -2.43. The third kappa shape index (κ3) is 5.70. The number of ether oxygens (including phenoxy) is 1. The van der Waals surface area contributed by atoms with Crippen LogP contribution >= 0.6 is 0 Å². The van der Waals surface area contributed by atoms with Gasteiger partial charge in [-0.05, 0) is 33.3 Å². The highest BCUT2D eigenvalue weighted by atomic mass is 16.6. The van der Waals surface area contributed by atoms with Gasteiger partial charge in [0.1, 0.15) is 23.8 Å². The minimum atomic E-state index is -0.532. The number of hydrogen-bond donors (Lipinski definition) is 1. The summed E-state index contributed by atoms with van der Waals surface area (Å²) in [5, 5.41) is 3.17. The molecule has 1 N–H and O–H groups in total. The van der Waals surface area contributed by atoms with Gasteiger partial charge in [0.2, 0.25) is 0 Å². The molecule has 0 aliphatic carbocycles. The van der Waals surface area contributed by atoms with Crippen molar-refractivity contribution in [2.75, 3.05) is 5.32 Å². The molecular formula is C18H23N3O2. The monoisotopic (exact) mass is 313 g/mol. The van der Waals surface area contributed by atoms with E-state index in [0.717, 1.165) is 11.3 Å². The molecule has 2 aromatic rings. The van der Waals surface area contributed by atoms with Crippen LogP contribution in [-0.4, -0.2) is 27.6 Å². The van der Waals surface area contributed by atoms with Crippen molar-refractivity contribution in [2.24, 2.45) is 0 Å². The van der Waals surface area contributed by atoms with E-state index in [-0.39, 0.29) is 5.97 Å². The van der Waals surface area contributed by atoms with Gasteiger partial charge in [0, 0.05) is 18.2 Å². The van der Waals surface area contributed by atoms with E-state index < -0.39 is 11.6 Å². The fourth-order valence-corrected chi connectivity index (χ4v) is 2.13. The van der Waals surface area contributed by atoms with Crippen molar-refractivity contribution < 1.29 is 9.53 Å². The first-order chi connectivity index (χ1) is 10.8. The van der Waals surface area contributed by atoms with Crippen LogP contribution in [0.4, 0.5) is 5.82 Å². The summed E-state index contributed by atoms with van der Waals surface area (Å²) in [4.78, 5) is 20.8. The number of rotatable bonds is 5. The number of esters is 1. The molecule has 0 spiro atoms. The third-order valence-corrected chi connectivity index (χ3v) is 3.10. The zero-order valence-electron chi connectivity index (χ0n) is 14.0. The van der Waals surface area contributed by atoms with Gasteiger partial charge in [0.15, 0.2) is 0 Å². The Morgan fingerprint density at radius 3 is 2.52 bits per heavy atom. The number of hydrogen-bond acceptors (Lipinski definition) is 5. The predicted octanol–water partition coefficient (Wildman–Crippen LogP) is 3.15. The lowest BCUT2D eigenvalue weighted by molar-refractivity contribution is -0.155. The molecule has 0 saturated heterocycles. The number of carbonyl (C=O) groups is 1.